The molecule has 0 spiro atoms. The SMILES string of the molecule is COC(=O)N(C1c2ccccc2-c2ccccc21)[C@@H](Cc1ccc(OCc2cccnc2)cc1)C(=O)OC(C)(C)C. The Kier molecular flexibility index (Phi) is 8.06. The number of hydrogen-bond acceptors (Lipinski definition) is 6. The van der Waals surface area contributed by atoms with Gasteiger partial charge in [0.1, 0.15) is 24.0 Å². The Labute approximate surface area is 240 Å². The Morgan fingerprint density at radius 3 is 2.05 bits per heavy atom. The van der Waals surface area contributed by atoms with E-state index in [1.165, 1.54) is 12.0 Å². The molecule has 1 amide bonds. The summed E-state index contributed by atoms with van der Waals surface area (Å²) in [6.07, 6.45) is 3.11. The number of aromatic nitrogens is 1. The van der Waals surface area contributed by atoms with Gasteiger partial charge in [-0.2, -0.15) is 0 Å². The average Bonchev–Trinajstić information content (AvgIpc) is 3.30. The van der Waals surface area contributed by atoms with Crippen LogP contribution in [0.3, 0.4) is 0 Å². The molecule has 0 radical (unpaired) electrons. The summed E-state index contributed by atoms with van der Waals surface area (Å²) in [5.41, 5.74) is 5.00. The number of pyridine rings is 1. The molecule has 0 aliphatic heterocycles. The van der Waals surface area contributed by atoms with Crippen molar-refractivity contribution in [2.24, 2.45) is 0 Å². The van der Waals surface area contributed by atoms with Gasteiger partial charge < -0.3 is 14.2 Å². The molecule has 0 unspecified atom stereocenters. The van der Waals surface area contributed by atoms with Crippen LogP contribution in [0.25, 0.3) is 11.1 Å². The number of fused-ring (bicyclic) bond motifs is 3. The number of nitrogens with zero attached hydrogens (tertiary/aromatic N) is 2. The van der Waals surface area contributed by atoms with Crippen LogP contribution in [0.2, 0.25) is 0 Å². The first-order chi connectivity index (χ1) is 19.7. The molecule has 3 aromatic carbocycles. The summed E-state index contributed by atoms with van der Waals surface area (Å²) in [4.78, 5) is 33.0. The molecule has 0 N–H and O–H groups in total. The molecule has 7 heteroatoms. The van der Waals surface area contributed by atoms with Crippen molar-refractivity contribution in [1.29, 1.82) is 0 Å². The Morgan fingerprint density at radius 1 is 0.854 bits per heavy atom. The molecular weight excluding hydrogens is 516 g/mol. The summed E-state index contributed by atoms with van der Waals surface area (Å²) in [6.45, 7) is 5.85. The molecule has 1 aliphatic rings. The van der Waals surface area contributed by atoms with E-state index in [1.54, 1.807) is 12.4 Å². The van der Waals surface area contributed by atoms with Gasteiger partial charge in [0, 0.05) is 24.4 Å². The molecule has 0 saturated heterocycles. The predicted molar refractivity (Wildman–Crippen MR) is 156 cm³/mol. The Bertz CT molecular complexity index is 1470. The molecule has 41 heavy (non-hydrogen) atoms. The van der Waals surface area contributed by atoms with Crippen LogP contribution in [0.1, 0.15) is 49.1 Å². The van der Waals surface area contributed by atoms with Gasteiger partial charge in [0.2, 0.25) is 0 Å². The fourth-order valence-electron chi connectivity index (χ4n) is 5.21. The van der Waals surface area contributed by atoms with Crippen LogP contribution in [0.5, 0.6) is 5.75 Å². The van der Waals surface area contributed by atoms with E-state index in [4.69, 9.17) is 14.2 Å². The van der Waals surface area contributed by atoms with Gasteiger partial charge in [-0.3, -0.25) is 9.88 Å². The van der Waals surface area contributed by atoms with Gasteiger partial charge in [-0.25, -0.2) is 9.59 Å². The zero-order valence-corrected chi connectivity index (χ0v) is 23.7. The van der Waals surface area contributed by atoms with Gasteiger partial charge in [-0.15, -0.1) is 0 Å². The second-order valence-corrected chi connectivity index (χ2v) is 11.0. The predicted octanol–water partition coefficient (Wildman–Crippen LogP) is 6.75. The number of benzene rings is 3. The number of methoxy groups -OCH3 is 1. The van der Waals surface area contributed by atoms with Crippen LogP contribution < -0.4 is 4.74 Å². The summed E-state index contributed by atoms with van der Waals surface area (Å²) >= 11 is 0. The fraction of sp³-hybridized carbons (Fsp3) is 0.265. The third-order valence-corrected chi connectivity index (χ3v) is 6.96. The van der Waals surface area contributed by atoms with Crippen molar-refractivity contribution in [3.05, 3.63) is 120 Å². The Balaban J connectivity index is 1.49. The van der Waals surface area contributed by atoms with E-state index in [1.807, 2.05) is 106 Å². The second kappa shape index (κ2) is 11.8. The van der Waals surface area contributed by atoms with Crippen molar-refractivity contribution in [3.8, 4) is 16.9 Å². The smallest absolute Gasteiger partial charge is 0.411 e. The highest BCUT2D eigenvalue weighted by Crippen LogP contribution is 2.47. The lowest BCUT2D eigenvalue weighted by Crippen LogP contribution is -2.50. The van der Waals surface area contributed by atoms with Crippen LogP contribution in [0.4, 0.5) is 4.79 Å². The molecule has 1 aliphatic carbocycles. The summed E-state index contributed by atoms with van der Waals surface area (Å²) in [6, 6.07) is 25.8. The van der Waals surface area contributed by atoms with E-state index < -0.39 is 29.7 Å². The molecule has 1 aromatic heterocycles. The first-order valence-electron chi connectivity index (χ1n) is 13.6. The maximum atomic E-state index is 13.8. The van der Waals surface area contributed by atoms with Crippen molar-refractivity contribution in [1.82, 2.24) is 9.88 Å². The average molecular weight is 551 g/mol. The minimum atomic E-state index is -0.951. The summed E-state index contributed by atoms with van der Waals surface area (Å²) in [5.74, 6) is 0.191. The number of hydrogen-bond donors (Lipinski definition) is 0. The van der Waals surface area contributed by atoms with Crippen LogP contribution in [0.15, 0.2) is 97.3 Å². The maximum Gasteiger partial charge on any atom is 0.411 e. The molecule has 1 atom stereocenters. The first-order valence-corrected chi connectivity index (χ1v) is 13.6. The molecule has 5 rings (SSSR count). The molecule has 0 fully saturated rings. The van der Waals surface area contributed by atoms with Crippen molar-refractivity contribution in [2.45, 2.75) is 51.5 Å². The molecule has 1 heterocycles. The number of carbonyl (C=O) groups is 2. The van der Waals surface area contributed by atoms with Crippen molar-refractivity contribution >= 4 is 12.1 Å². The number of rotatable bonds is 8. The number of esters is 1. The van der Waals surface area contributed by atoms with Crippen molar-refractivity contribution < 1.29 is 23.8 Å². The molecule has 0 bridgehead atoms. The van der Waals surface area contributed by atoms with Gasteiger partial charge in [0.25, 0.3) is 0 Å². The maximum absolute atomic E-state index is 13.8. The fourth-order valence-corrected chi connectivity index (χ4v) is 5.21. The molecule has 7 nitrogen and oxygen atoms in total. The molecule has 210 valence electrons. The zero-order valence-electron chi connectivity index (χ0n) is 23.7. The van der Waals surface area contributed by atoms with E-state index in [9.17, 15) is 9.59 Å². The summed E-state index contributed by atoms with van der Waals surface area (Å²) < 4.78 is 17.1. The van der Waals surface area contributed by atoms with Gasteiger partial charge in [0.15, 0.2) is 0 Å². The lowest BCUT2D eigenvalue weighted by Gasteiger charge is -2.36. The van der Waals surface area contributed by atoms with Gasteiger partial charge in [-0.1, -0.05) is 66.7 Å². The van der Waals surface area contributed by atoms with Crippen LogP contribution in [-0.4, -0.2) is 40.7 Å². The number of amides is 1. The minimum Gasteiger partial charge on any atom is -0.489 e. The van der Waals surface area contributed by atoms with E-state index >= 15 is 0 Å². The van der Waals surface area contributed by atoms with Crippen LogP contribution in [0, 0.1) is 0 Å². The van der Waals surface area contributed by atoms with Gasteiger partial charge >= 0.3 is 12.1 Å². The lowest BCUT2D eigenvalue weighted by molar-refractivity contribution is -0.161. The summed E-state index contributed by atoms with van der Waals surface area (Å²) in [7, 11) is 1.34. The lowest BCUT2D eigenvalue weighted by atomic mass is 9.98. The van der Waals surface area contributed by atoms with E-state index in [2.05, 4.69) is 4.98 Å². The zero-order chi connectivity index (χ0) is 29.0. The normalized spacial score (nSPS) is 13.1. The second-order valence-electron chi connectivity index (χ2n) is 11.0. The third-order valence-electron chi connectivity index (χ3n) is 6.96. The van der Waals surface area contributed by atoms with Crippen LogP contribution >= 0.6 is 0 Å². The summed E-state index contributed by atoms with van der Waals surface area (Å²) in [5, 5.41) is 0. The highest BCUT2D eigenvalue weighted by molar-refractivity contribution is 5.86. The van der Waals surface area contributed by atoms with Gasteiger partial charge in [0.05, 0.1) is 13.2 Å². The highest BCUT2D eigenvalue weighted by Gasteiger charge is 2.43. The standard InChI is InChI=1S/C34H34N2O5/c1-34(2,3)41-32(37)30(20-23-15-17-25(18-16-23)40-22-24-10-9-19-35-21-24)36(33(38)39-4)31-28-13-7-5-11-26(28)27-12-6-8-14-29(27)31/h5-19,21,30-31H,20,22H2,1-4H3/t30-/m0/s1. The minimum absolute atomic E-state index is 0.230. The molecular formula is C34H34N2O5. The largest absolute Gasteiger partial charge is 0.489 e. The van der Waals surface area contributed by atoms with E-state index in [-0.39, 0.29) is 6.42 Å². The molecule has 4 aromatic rings. The number of ether oxygens (including phenoxy) is 3. The van der Waals surface area contributed by atoms with Crippen LogP contribution in [-0.2, 0) is 27.3 Å². The van der Waals surface area contributed by atoms with E-state index in [0.717, 1.165) is 33.4 Å². The number of carbonyl (C=O) groups excluding carboxylic acids is 2. The van der Waals surface area contributed by atoms with Gasteiger partial charge in [-0.05, 0) is 66.8 Å². The highest BCUT2D eigenvalue weighted by atomic mass is 16.6. The Hall–Kier alpha value is -4.65. The Morgan fingerprint density at radius 2 is 1.49 bits per heavy atom. The van der Waals surface area contributed by atoms with Crippen molar-refractivity contribution in [3.63, 3.8) is 0 Å². The first kappa shape index (κ1) is 27.9. The monoisotopic (exact) mass is 550 g/mol. The van der Waals surface area contributed by atoms with E-state index in [0.29, 0.717) is 12.4 Å². The topological polar surface area (TPSA) is 78.0 Å². The molecule has 0 saturated carbocycles. The third kappa shape index (κ3) is 6.24. The quantitative estimate of drug-likeness (QED) is 0.226. The van der Waals surface area contributed by atoms with Crippen molar-refractivity contribution in [2.75, 3.05) is 7.11 Å².